The zero-order valence-electron chi connectivity index (χ0n) is 16.9. The van der Waals surface area contributed by atoms with E-state index in [0.29, 0.717) is 0 Å². The fourth-order valence-electron chi connectivity index (χ4n) is 2.35. The summed E-state index contributed by atoms with van der Waals surface area (Å²) in [7, 11) is -4.39. The summed E-state index contributed by atoms with van der Waals surface area (Å²) in [6.45, 7) is 13.6. The fraction of sp³-hybridized carbons (Fsp3) is 0.429. The third-order valence-corrected chi connectivity index (χ3v) is 5.72. The van der Waals surface area contributed by atoms with E-state index in [1.54, 1.807) is 0 Å². The van der Waals surface area contributed by atoms with E-state index in [0.717, 1.165) is 0 Å². The van der Waals surface area contributed by atoms with Crippen LogP contribution in [0.4, 0.5) is 4.39 Å². The van der Waals surface area contributed by atoms with Gasteiger partial charge in [-0.1, -0.05) is 65.8 Å². The topological polar surface area (TPSA) is 57.2 Å². The molecule has 0 bridgehead atoms. The van der Waals surface area contributed by atoms with Gasteiger partial charge in [0.05, 0.1) is 19.2 Å². The van der Waals surface area contributed by atoms with Gasteiger partial charge in [0.15, 0.2) is 6.01 Å². The second-order valence-electron chi connectivity index (χ2n) is 8.56. The molecule has 0 N–H and O–H groups in total. The second-order valence-corrected chi connectivity index (χ2v) is 11.5. The second kappa shape index (κ2) is 9.27. The Morgan fingerprint density at radius 1 is 0.778 bits per heavy atom. The molecular weight excluding hydrogens is 382 g/mol. The van der Waals surface area contributed by atoms with E-state index in [9.17, 15) is 4.39 Å². The van der Waals surface area contributed by atoms with Crippen molar-refractivity contribution in [2.45, 2.75) is 52.4 Å². The van der Waals surface area contributed by atoms with Crippen LogP contribution in [0, 0.1) is 0 Å². The summed E-state index contributed by atoms with van der Waals surface area (Å²) in [5, 5.41) is 2.93. The lowest BCUT2D eigenvalue weighted by Crippen LogP contribution is -2.13. The van der Waals surface area contributed by atoms with Crippen LogP contribution in [0.5, 0.6) is 0 Å². The van der Waals surface area contributed by atoms with E-state index in [-0.39, 0.29) is 19.4 Å². The number of rotatable bonds is 3. The molecule has 0 fully saturated rings. The third-order valence-electron chi connectivity index (χ3n) is 4.02. The number of alkyl halides is 1. The lowest BCUT2D eigenvalue weighted by atomic mass is 9.87. The molecular formula is C21H30FO3PS. The lowest BCUT2D eigenvalue weighted by molar-refractivity contribution is 0.431. The summed E-state index contributed by atoms with van der Waals surface area (Å²) in [5.41, 5.74) is 3.30. The van der Waals surface area contributed by atoms with Gasteiger partial charge in [0.2, 0.25) is 0 Å². The molecule has 0 spiro atoms. The summed E-state index contributed by atoms with van der Waals surface area (Å²) in [6, 6.07) is 16.5. The molecule has 0 radical (unpaired) electrons. The summed E-state index contributed by atoms with van der Waals surface area (Å²) in [5.74, 6) is 0. The highest BCUT2D eigenvalue weighted by Crippen LogP contribution is 2.24. The Kier molecular flexibility index (Phi) is 8.15. The molecule has 27 heavy (non-hydrogen) atoms. The minimum absolute atomic E-state index is 0.191. The Bertz CT molecular complexity index is 760. The van der Waals surface area contributed by atoms with Gasteiger partial charge in [0, 0.05) is 0 Å². The van der Waals surface area contributed by atoms with Crippen LogP contribution >= 0.6 is 8.58 Å². The van der Waals surface area contributed by atoms with Crippen LogP contribution in [0.25, 0.3) is 0 Å². The molecule has 2 aromatic carbocycles. The van der Waals surface area contributed by atoms with Crippen LogP contribution in [0.2, 0.25) is 0 Å². The average Bonchev–Trinajstić information content (AvgIpc) is 2.54. The largest absolute Gasteiger partial charge is 0.746 e. The molecule has 0 aliphatic carbocycles. The molecule has 0 aliphatic heterocycles. The Morgan fingerprint density at radius 3 is 1.22 bits per heavy atom. The van der Waals surface area contributed by atoms with Gasteiger partial charge in [-0.3, -0.25) is 0 Å². The van der Waals surface area contributed by atoms with Crippen LogP contribution in [0.1, 0.15) is 52.7 Å². The zero-order valence-corrected chi connectivity index (χ0v) is 18.9. The van der Waals surface area contributed by atoms with Crippen LogP contribution in [-0.4, -0.2) is 19.0 Å². The van der Waals surface area contributed by atoms with Crippen LogP contribution in [-0.2, 0) is 20.9 Å². The van der Waals surface area contributed by atoms with Crippen molar-refractivity contribution in [3.8, 4) is 0 Å². The molecule has 0 aromatic heterocycles. The van der Waals surface area contributed by atoms with Gasteiger partial charge in [-0.15, -0.1) is 0 Å². The number of halogens is 1. The predicted octanol–water partition coefficient (Wildman–Crippen LogP) is 4.10. The van der Waals surface area contributed by atoms with Gasteiger partial charge in [0.25, 0.3) is 0 Å². The van der Waals surface area contributed by atoms with Crippen LogP contribution < -0.4 is 10.6 Å². The number of hydrogen-bond donors (Lipinski definition) is 0. The molecule has 3 nitrogen and oxygen atoms in total. The van der Waals surface area contributed by atoms with Crippen molar-refractivity contribution in [1.82, 2.24) is 0 Å². The first-order valence-electron chi connectivity index (χ1n) is 8.78. The van der Waals surface area contributed by atoms with Crippen molar-refractivity contribution in [3.05, 3.63) is 59.7 Å². The molecule has 2 aromatic rings. The van der Waals surface area contributed by atoms with Crippen molar-refractivity contribution >= 4 is 29.3 Å². The Hall–Kier alpha value is -1.29. The zero-order chi connectivity index (χ0) is 20.9. The van der Waals surface area contributed by atoms with Gasteiger partial charge >= 0.3 is 0 Å². The highest BCUT2D eigenvalue weighted by Gasteiger charge is 2.15. The maximum Gasteiger partial charge on any atom is 0.179 e. The van der Waals surface area contributed by atoms with Crippen molar-refractivity contribution in [2.24, 2.45) is 0 Å². The SMILES string of the molecule is CC(C)(C)c1ccc([PH2+]c2ccc(C(C)(C)C)cc2)cc1.O=S(=O)([O-])CF. The van der Waals surface area contributed by atoms with Gasteiger partial charge in [0.1, 0.15) is 10.1 Å². The molecule has 0 heterocycles. The quantitative estimate of drug-likeness (QED) is 0.563. The van der Waals surface area contributed by atoms with Crippen molar-refractivity contribution < 1.29 is 17.4 Å². The van der Waals surface area contributed by atoms with Crippen molar-refractivity contribution in [1.29, 1.82) is 0 Å². The first-order chi connectivity index (χ1) is 12.2. The monoisotopic (exact) mass is 412 g/mol. The smallest absolute Gasteiger partial charge is 0.179 e. The Labute approximate surface area is 164 Å². The number of hydrogen-bond acceptors (Lipinski definition) is 3. The predicted molar refractivity (Wildman–Crippen MR) is 115 cm³/mol. The normalized spacial score (nSPS) is 12.3. The maximum absolute atomic E-state index is 10.6. The summed E-state index contributed by atoms with van der Waals surface area (Å²) in [4.78, 5) is 0. The molecule has 0 saturated carbocycles. The first kappa shape index (κ1) is 23.7. The number of benzene rings is 2. The van der Waals surface area contributed by atoms with Gasteiger partial charge in [-0.05, 0) is 46.2 Å². The lowest BCUT2D eigenvalue weighted by Gasteiger charge is -2.19. The summed E-state index contributed by atoms with van der Waals surface area (Å²) < 4.78 is 37.8. The highest BCUT2D eigenvalue weighted by atomic mass is 32.2. The molecule has 0 unspecified atom stereocenters. The van der Waals surface area contributed by atoms with Crippen LogP contribution in [0.15, 0.2) is 48.5 Å². The molecule has 6 heteroatoms. The molecule has 150 valence electrons. The highest BCUT2D eigenvalue weighted by molar-refractivity contribution is 7.85. The van der Waals surface area contributed by atoms with E-state index in [4.69, 9.17) is 13.0 Å². The minimum atomic E-state index is -4.58. The van der Waals surface area contributed by atoms with E-state index >= 15 is 0 Å². The molecule has 0 saturated heterocycles. The van der Waals surface area contributed by atoms with Crippen molar-refractivity contribution in [2.75, 3.05) is 6.01 Å². The van der Waals surface area contributed by atoms with E-state index in [2.05, 4.69) is 90.1 Å². The summed E-state index contributed by atoms with van der Waals surface area (Å²) >= 11 is 0. The Balaban J connectivity index is 0.000000527. The first-order valence-corrected chi connectivity index (χ1v) is 11.5. The average molecular weight is 413 g/mol. The van der Waals surface area contributed by atoms with E-state index in [1.165, 1.54) is 21.7 Å². The molecule has 0 aliphatic rings. The van der Waals surface area contributed by atoms with Crippen LogP contribution in [0.3, 0.4) is 0 Å². The third kappa shape index (κ3) is 8.96. The standard InChI is InChI=1S/C20H27P.CH3FO3S/c1-19(2,3)15-7-11-17(12-8-15)21-18-13-9-16(10-14-18)20(4,5)6;2-1-6(3,4)5/h7-14,21H,1-6H3;1H2,(H,3,4,5). The maximum atomic E-state index is 10.6. The molecule has 0 atom stereocenters. The fourth-order valence-corrected chi connectivity index (χ4v) is 3.51. The Morgan fingerprint density at radius 2 is 1.04 bits per heavy atom. The van der Waals surface area contributed by atoms with Gasteiger partial charge in [-0.25, -0.2) is 12.8 Å². The van der Waals surface area contributed by atoms with E-state index < -0.39 is 16.1 Å². The van der Waals surface area contributed by atoms with Gasteiger partial charge < -0.3 is 4.55 Å². The van der Waals surface area contributed by atoms with E-state index in [1.807, 2.05) is 0 Å². The molecule has 0 amide bonds. The molecule has 2 rings (SSSR count). The van der Waals surface area contributed by atoms with Crippen molar-refractivity contribution in [3.63, 3.8) is 0 Å². The van der Waals surface area contributed by atoms with Gasteiger partial charge in [-0.2, -0.15) is 0 Å². The summed E-state index contributed by atoms with van der Waals surface area (Å²) in [6.07, 6.45) is 0. The minimum Gasteiger partial charge on any atom is -0.746 e.